The van der Waals surface area contributed by atoms with Crippen molar-refractivity contribution in [3.05, 3.63) is 0 Å². The van der Waals surface area contributed by atoms with Gasteiger partial charge in [0, 0.05) is 6.42 Å². The normalized spacial score (nSPS) is 16.1. The van der Waals surface area contributed by atoms with Crippen LogP contribution in [-0.2, 0) is 0 Å². The van der Waals surface area contributed by atoms with Crippen LogP contribution >= 0.6 is 0 Å². The number of hydrogen-bond acceptors (Lipinski definition) is 0. The zero-order valence-corrected chi connectivity index (χ0v) is 15.5. The van der Waals surface area contributed by atoms with Crippen LogP contribution in [0.1, 0.15) is 58.3 Å². The molecule has 0 aliphatic rings. The van der Waals surface area contributed by atoms with Crippen LogP contribution in [0.2, 0.25) is 0 Å². The lowest BCUT2D eigenvalue weighted by atomic mass is 9.83. The summed E-state index contributed by atoms with van der Waals surface area (Å²) in [5.74, 6) is -1.64. The quantitative estimate of drug-likeness (QED) is 0.219. The molecule has 0 aliphatic carbocycles. The Morgan fingerprint density at radius 2 is 0.867 bits per heavy atom. The molecule has 1 atom stereocenters. The van der Waals surface area contributed by atoms with Gasteiger partial charge in [0.15, 0.2) is 0 Å². The molecule has 182 valence electrons. The maximum absolute atomic E-state index is 13.9. The van der Waals surface area contributed by atoms with Crippen molar-refractivity contribution in [2.45, 2.75) is 94.3 Å². The highest BCUT2D eigenvalue weighted by atomic mass is 19.4. The van der Waals surface area contributed by atoms with E-state index in [4.69, 9.17) is 0 Å². The highest BCUT2D eigenvalue weighted by Crippen LogP contribution is 2.52. The van der Waals surface area contributed by atoms with Crippen molar-refractivity contribution in [3.8, 4) is 0 Å². The Hall–Kier alpha value is -0.980. The minimum absolute atomic E-state index is 0.0502. The predicted molar refractivity (Wildman–Crippen MR) is 78.0 cm³/mol. The molecule has 0 aliphatic heterocycles. The largest absolute Gasteiger partial charge is 0.431 e. The average molecular weight is 478 g/mol. The minimum atomic E-state index is -6.32. The van der Waals surface area contributed by atoms with E-state index in [1.165, 1.54) is 6.92 Å². The molecule has 0 N–H and O–H groups in total. The van der Waals surface area contributed by atoms with Gasteiger partial charge in [-0.1, -0.05) is 39.0 Å². The van der Waals surface area contributed by atoms with Crippen molar-refractivity contribution in [2.24, 2.45) is 5.92 Å². The highest BCUT2D eigenvalue weighted by molar-refractivity contribution is 4.97. The van der Waals surface area contributed by atoms with Gasteiger partial charge in [0.25, 0.3) is 11.3 Å². The summed E-state index contributed by atoms with van der Waals surface area (Å²) in [6, 6.07) is 0. The third kappa shape index (κ3) is 6.76. The Morgan fingerprint density at radius 1 is 0.500 bits per heavy atom. The van der Waals surface area contributed by atoms with E-state index in [1.807, 2.05) is 0 Å². The van der Waals surface area contributed by atoms with Crippen molar-refractivity contribution in [2.75, 3.05) is 0 Å². The van der Waals surface area contributed by atoms with E-state index >= 15 is 0 Å². The lowest BCUT2D eigenvalue weighted by molar-refractivity contribution is -0.346. The summed E-state index contributed by atoms with van der Waals surface area (Å²) < 4.78 is 178. The molecule has 30 heavy (non-hydrogen) atoms. The van der Waals surface area contributed by atoms with Gasteiger partial charge in [-0.05, 0) is 18.8 Å². The van der Waals surface area contributed by atoms with E-state index < -0.39 is 74.1 Å². The number of rotatable bonds is 10. The number of hydrogen-bond donors (Lipinski definition) is 0. The van der Waals surface area contributed by atoms with Gasteiger partial charge in [-0.2, -0.15) is 52.7 Å². The standard InChI is InChI=1S/C16H20F14/c1-2-3-6-10(9-12(18,15(25,26)27)16(28,29)30)7-4-5-8-11(17,13(19,20)21)14(22,23)24/h10H,2-9H2,1H3. The van der Waals surface area contributed by atoms with Crippen LogP contribution in [0.4, 0.5) is 61.5 Å². The van der Waals surface area contributed by atoms with E-state index in [2.05, 4.69) is 0 Å². The molecule has 0 bridgehead atoms. The van der Waals surface area contributed by atoms with Crippen molar-refractivity contribution in [1.82, 2.24) is 0 Å². The summed E-state index contributed by atoms with van der Waals surface area (Å²) >= 11 is 0. The molecule has 0 spiro atoms. The Bertz CT molecular complexity index is 482. The molecule has 0 saturated heterocycles. The Kier molecular flexibility index (Phi) is 9.34. The summed E-state index contributed by atoms with van der Waals surface area (Å²) in [6.07, 6.45) is -32.1. The summed E-state index contributed by atoms with van der Waals surface area (Å²) in [4.78, 5) is 0. The van der Waals surface area contributed by atoms with Crippen molar-refractivity contribution < 1.29 is 61.5 Å². The summed E-state index contributed by atoms with van der Waals surface area (Å²) in [7, 11) is 0. The molecular formula is C16H20F14. The number of alkyl halides is 14. The van der Waals surface area contributed by atoms with Crippen molar-refractivity contribution in [3.63, 3.8) is 0 Å². The van der Waals surface area contributed by atoms with Crippen molar-refractivity contribution >= 4 is 0 Å². The number of unbranched alkanes of at least 4 members (excludes halogenated alkanes) is 2. The fraction of sp³-hybridized carbons (Fsp3) is 1.00. The molecule has 0 radical (unpaired) electrons. The molecule has 0 saturated carbocycles. The van der Waals surface area contributed by atoms with Crippen LogP contribution in [0.3, 0.4) is 0 Å². The molecule has 1 unspecified atom stereocenters. The fourth-order valence-electron chi connectivity index (χ4n) is 2.88. The molecule has 0 aromatic rings. The van der Waals surface area contributed by atoms with Gasteiger partial charge in [-0.3, -0.25) is 0 Å². The van der Waals surface area contributed by atoms with Crippen LogP contribution in [0.15, 0.2) is 0 Å². The lowest BCUT2D eigenvalue weighted by Gasteiger charge is -2.33. The van der Waals surface area contributed by atoms with Crippen LogP contribution in [0.25, 0.3) is 0 Å². The minimum Gasteiger partial charge on any atom is -0.224 e. The molecule has 14 heteroatoms. The zero-order valence-electron chi connectivity index (χ0n) is 15.5. The van der Waals surface area contributed by atoms with Crippen LogP contribution in [-0.4, -0.2) is 36.0 Å². The molecular weight excluding hydrogens is 458 g/mol. The van der Waals surface area contributed by atoms with Crippen LogP contribution in [0.5, 0.6) is 0 Å². The Morgan fingerprint density at radius 3 is 1.20 bits per heavy atom. The van der Waals surface area contributed by atoms with Crippen LogP contribution < -0.4 is 0 Å². The van der Waals surface area contributed by atoms with E-state index in [9.17, 15) is 61.5 Å². The topological polar surface area (TPSA) is 0 Å². The summed E-state index contributed by atoms with van der Waals surface area (Å²) in [5, 5.41) is 0. The van der Waals surface area contributed by atoms with Gasteiger partial charge in [0.2, 0.25) is 0 Å². The highest BCUT2D eigenvalue weighted by Gasteiger charge is 2.73. The maximum Gasteiger partial charge on any atom is 0.431 e. The molecule has 0 heterocycles. The molecule has 0 rings (SSSR count). The van der Waals surface area contributed by atoms with Gasteiger partial charge in [0.1, 0.15) is 0 Å². The van der Waals surface area contributed by atoms with Gasteiger partial charge >= 0.3 is 24.7 Å². The Balaban J connectivity index is 5.31. The average Bonchev–Trinajstić information content (AvgIpc) is 2.51. The first-order valence-corrected chi connectivity index (χ1v) is 8.78. The van der Waals surface area contributed by atoms with E-state index in [1.54, 1.807) is 0 Å². The van der Waals surface area contributed by atoms with E-state index in [-0.39, 0.29) is 19.3 Å². The smallest absolute Gasteiger partial charge is 0.224 e. The SMILES string of the molecule is CCCCC(CCCCC(F)(C(F)(F)F)C(F)(F)F)CC(F)(C(F)(F)F)C(F)(F)F. The molecule has 0 fully saturated rings. The monoisotopic (exact) mass is 478 g/mol. The van der Waals surface area contributed by atoms with Gasteiger partial charge < -0.3 is 0 Å². The first-order chi connectivity index (χ1) is 13.1. The second kappa shape index (κ2) is 9.66. The van der Waals surface area contributed by atoms with Gasteiger partial charge in [-0.15, -0.1) is 0 Å². The van der Waals surface area contributed by atoms with Crippen LogP contribution in [0, 0.1) is 5.92 Å². The number of halogens is 14. The van der Waals surface area contributed by atoms with E-state index in [0.29, 0.717) is 0 Å². The van der Waals surface area contributed by atoms with Crippen molar-refractivity contribution in [1.29, 1.82) is 0 Å². The lowest BCUT2D eigenvalue weighted by Crippen LogP contribution is -2.54. The second-order valence-corrected chi connectivity index (χ2v) is 7.05. The fourth-order valence-corrected chi connectivity index (χ4v) is 2.88. The summed E-state index contributed by atoms with van der Waals surface area (Å²) in [6.45, 7) is 1.51. The van der Waals surface area contributed by atoms with Gasteiger partial charge in [-0.25, -0.2) is 8.78 Å². The van der Waals surface area contributed by atoms with E-state index in [0.717, 1.165) is 0 Å². The Labute approximate surface area is 163 Å². The molecule has 0 amide bonds. The predicted octanol–water partition coefficient (Wildman–Crippen LogP) is 8.41. The summed E-state index contributed by atoms with van der Waals surface area (Å²) in [5.41, 5.74) is -11.2. The molecule has 0 nitrogen and oxygen atoms in total. The third-order valence-corrected chi connectivity index (χ3v) is 4.72. The maximum atomic E-state index is 13.9. The first-order valence-electron chi connectivity index (χ1n) is 8.78. The van der Waals surface area contributed by atoms with Gasteiger partial charge in [0.05, 0.1) is 0 Å². The third-order valence-electron chi connectivity index (χ3n) is 4.72. The second-order valence-electron chi connectivity index (χ2n) is 7.05. The first kappa shape index (κ1) is 29.0. The zero-order chi connectivity index (χ0) is 24.2. The molecule has 0 aromatic carbocycles. The molecule has 0 aromatic heterocycles.